The standard InChI is InChI=1S/C15H18N2O2/c1-17-15(16)9-12(18)10-19-14-8-4-6-11-5-2-3-7-13(11)14/h2-8,12,18H,9-10H2,1H3,(H2,16,17). The number of benzene rings is 2. The van der Waals surface area contributed by atoms with E-state index >= 15 is 0 Å². The first-order valence-corrected chi connectivity index (χ1v) is 6.20. The third-order valence-corrected chi connectivity index (χ3v) is 2.91. The van der Waals surface area contributed by atoms with Gasteiger partial charge in [-0.25, -0.2) is 0 Å². The summed E-state index contributed by atoms with van der Waals surface area (Å²) in [4.78, 5) is 3.81. The minimum absolute atomic E-state index is 0.199. The fourth-order valence-electron chi connectivity index (χ4n) is 1.90. The summed E-state index contributed by atoms with van der Waals surface area (Å²) in [6, 6.07) is 13.8. The van der Waals surface area contributed by atoms with E-state index in [1.165, 1.54) is 0 Å². The second kappa shape index (κ2) is 6.20. The van der Waals surface area contributed by atoms with Crippen LogP contribution in [-0.4, -0.2) is 30.7 Å². The lowest BCUT2D eigenvalue weighted by atomic mass is 10.1. The highest BCUT2D eigenvalue weighted by molar-refractivity contribution is 5.88. The van der Waals surface area contributed by atoms with Crippen molar-refractivity contribution in [2.45, 2.75) is 12.5 Å². The topological polar surface area (TPSA) is 67.8 Å². The molecule has 0 fully saturated rings. The molecule has 3 N–H and O–H groups in total. The molecule has 0 radical (unpaired) electrons. The number of aliphatic imine (C=N–C) groups is 1. The van der Waals surface area contributed by atoms with Crippen molar-refractivity contribution in [3.8, 4) is 5.75 Å². The maximum Gasteiger partial charge on any atom is 0.127 e. The van der Waals surface area contributed by atoms with E-state index in [-0.39, 0.29) is 6.61 Å². The van der Waals surface area contributed by atoms with Crippen molar-refractivity contribution in [1.29, 1.82) is 0 Å². The number of nitrogens with zero attached hydrogens (tertiary/aromatic N) is 1. The van der Waals surface area contributed by atoms with Gasteiger partial charge in [-0.15, -0.1) is 0 Å². The van der Waals surface area contributed by atoms with E-state index < -0.39 is 6.10 Å². The van der Waals surface area contributed by atoms with Crippen LogP contribution in [-0.2, 0) is 0 Å². The quantitative estimate of drug-likeness (QED) is 0.636. The summed E-state index contributed by atoms with van der Waals surface area (Å²) in [7, 11) is 1.60. The van der Waals surface area contributed by atoms with Crippen LogP contribution >= 0.6 is 0 Å². The van der Waals surface area contributed by atoms with Gasteiger partial charge in [0.2, 0.25) is 0 Å². The number of ether oxygens (including phenoxy) is 1. The molecule has 0 aliphatic carbocycles. The van der Waals surface area contributed by atoms with Crippen molar-refractivity contribution in [2.24, 2.45) is 10.7 Å². The van der Waals surface area contributed by atoms with E-state index in [9.17, 15) is 5.11 Å². The monoisotopic (exact) mass is 258 g/mol. The summed E-state index contributed by atoms with van der Waals surface area (Å²) in [5.74, 6) is 1.19. The van der Waals surface area contributed by atoms with Crippen LogP contribution in [0.3, 0.4) is 0 Å². The summed E-state index contributed by atoms with van der Waals surface area (Å²) in [5, 5.41) is 11.9. The van der Waals surface area contributed by atoms with Gasteiger partial charge in [-0.2, -0.15) is 0 Å². The smallest absolute Gasteiger partial charge is 0.127 e. The number of hydrogen-bond acceptors (Lipinski definition) is 3. The van der Waals surface area contributed by atoms with Crippen molar-refractivity contribution in [3.63, 3.8) is 0 Å². The number of hydrogen-bond donors (Lipinski definition) is 2. The second-order valence-corrected chi connectivity index (χ2v) is 4.36. The van der Waals surface area contributed by atoms with Gasteiger partial charge in [-0.1, -0.05) is 36.4 Å². The molecule has 0 bridgehead atoms. The molecule has 0 spiro atoms. The third-order valence-electron chi connectivity index (χ3n) is 2.91. The molecule has 100 valence electrons. The molecule has 2 aromatic rings. The van der Waals surface area contributed by atoms with Crippen LogP contribution in [0.25, 0.3) is 10.8 Å². The Morgan fingerprint density at radius 2 is 2.00 bits per heavy atom. The molecule has 0 heterocycles. The molecule has 0 saturated heterocycles. The van der Waals surface area contributed by atoms with E-state index in [0.717, 1.165) is 16.5 Å². The lowest BCUT2D eigenvalue weighted by Gasteiger charge is -2.13. The van der Waals surface area contributed by atoms with E-state index in [1.807, 2.05) is 42.5 Å². The molecule has 0 aromatic heterocycles. The number of fused-ring (bicyclic) bond motifs is 1. The molecule has 1 unspecified atom stereocenters. The Bertz CT molecular complexity index is 576. The van der Waals surface area contributed by atoms with Crippen LogP contribution in [0.15, 0.2) is 47.5 Å². The molecule has 2 rings (SSSR count). The number of aliphatic hydroxyl groups excluding tert-OH is 1. The van der Waals surface area contributed by atoms with Gasteiger partial charge in [-0.3, -0.25) is 4.99 Å². The van der Waals surface area contributed by atoms with Gasteiger partial charge in [-0.05, 0) is 11.5 Å². The highest BCUT2D eigenvalue weighted by Crippen LogP contribution is 2.25. The minimum atomic E-state index is -0.650. The zero-order chi connectivity index (χ0) is 13.7. The average molecular weight is 258 g/mol. The Balaban J connectivity index is 2.06. The molecule has 4 nitrogen and oxygen atoms in total. The number of nitrogens with two attached hydrogens (primary N) is 1. The molecule has 0 aliphatic rings. The highest BCUT2D eigenvalue weighted by atomic mass is 16.5. The van der Waals surface area contributed by atoms with Crippen LogP contribution in [0.5, 0.6) is 5.75 Å². The molecule has 0 aliphatic heterocycles. The molecular formula is C15H18N2O2. The highest BCUT2D eigenvalue weighted by Gasteiger charge is 2.08. The normalized spacial score (nSPS) is 13.5. The van der Waals surface area contributed by atoms with Crippen LogP contribution in [0.1, 0.15) is 6.42 Å². The van der Waals surface area contributed by atoms with E-state index in [0.29, 0.717) is 12.3 Å². The first-order chi connectivity index (χ1) is 9.20. The molecule has 1 atom stereocenters. The minimum Gasteiger partial charge on any atom is -0.490 e. The van der Waals surface area contributed by atoms with Crippen molar-refractivity contribution < 1.29 is 9.84 Å². The van der Waals surface area contributed by atoms with Gasteiger partial charge in [0.05, 0.1) is 11.9 Å². The largest absolute Gasteiger partial charge is 0.490 e. The summed E-state index contributed by atoms with van der Waals surface area (Å²) >= 11 is 0. The van der Waals surface area contributed by atoms with Crippen molar-refractivity contribution in [2.75, 3.05) is 13.7 Å². The zero-order valence-corrected chi connectivity index (χ0v) is 10.9. The predicted octanol–water partition coefficient (Wildman–Crippen LogP) is 1.96. The maximum atomic E-state index is 9.80. The summed E-state index contributed by atoms with van der Waals surface area (Å²) in [6.45, 7) is 0.199. The number of amidine groups is 1. The fraction of sp³-hybridized carbons (Fsp3) is 0.267. The van der Waals surface area contributed by atoms with Gasteiger partial charge in [0.25, 0.3) is 0 Å². The van der Waals surface area contributed by atoms with Crippen LogP contribution in [0.4, 0.5) is 0 Å². The van der Waals surface area contributed by atoms with Crippen molar-refractivity contribution in [1.82, 2.24) is 0 Å². The Morgan fingerprint density at radius 1 is 1.26 bits per heavy atom. The Hall–Kier alpha value is -2.07. The zero-order valence-electron chi connectivity index (χ0n) is 10.9. The molecule has 19 heavy (non-hydrogen) atoms. The molecule has 2 aromatic carbocycles. The lowest BCUT2D eigenvalue weighted by molar-refractivity contribution is 0.114. The van der Waals surface area contributed by atoms with Gasteiger partial charge in [0, 0.05) is 18.9 Å². The summed E-state index contributed by atoms with van der Waals surface area (Å²) in [6.07, 6.45) is -0.330. The van der Waals surface area contributed by atoms with Crippen molar-refractivity contribution >= 4 is 16.6 Å². The fourth-order valence-corrected chi connectivity index (χ4v) is 1.90. The first-order valence-electron chi connectivity index (χ1n) is 6.20. The number of rotatable bonds is 5. The lowest BCUT2D eigenvalue weighted by Crippen LogP contribution is -2.25. The Morgan fingerprint density at radius 3 is 2.79 bits per heavy atom. The first kappa shape index (κ1) is 13.4. The van der Waals surface area contributed by atoms with E-state index in [2.05, 4.69) is 4.99 Å². The SMILES string of the molecule is CN=C(N)CC(O)COc1cccc2ccccc12. The third kappa shape index (κ3) is 3.45. The van der Waals surface area contributed by atoms with Crippen LogP contribution in [0.2, 0.25) is 0 Å². The summed E-state index contributed by atoms with van der Waals surface area (Å²) in [5.41, 5.74) is 5.57. The Labute approximate surface area is 112 Å². The Kier molecular flexibility index (Phi) is 4.36. The molecule has 0 amide bonds. The second-order valence-electron chi connectivity index (χ2n) is 4.36. The van der Waals surface area contributed by atoms with Crippen LogP contribution < -0.4 is 10.5 Å². The van der Waals surface area contributed by atoms with Crippen LogP contribution in [0, 0.1) is 0 Å². The molecule has 0 saturated carbocycles. The van der Waals surface area contributed by atoms with E-state index in [4.69, 9.17) is 10.5 Å². The average Bonchev–Trinajstić information content (AvgIpc) is 2.44. The van der Waals surface area contributed by atoms with Crippen molar-refractivity contribution in [3.05, 3.63) is 42.5 Å². The summed E-state index contributed by atoms with van der Waals surface area (Å²) < 4.78 is 5.67. The molecular weight excluding hydrogens is 240 g/mol. The van der Waals surface area contributed by atoms with E-state index in [1.54, 1.807) is 7.05 Å². The van der Waals surface area contributed by atoms with Gasteiger partial charge >= 0.3 is 0 Å². The van der Waals surface area contributed by atoms with Gasteiger partial charge in [0.1, 0.15) is 12.4 Å². The maximum absolute atomic E-state index is 9.80. The van der Waals surface area contributed by atoms with Gasteiger partial charge in [0.15, 0.2) is 0 Å². The predicted molar refractivity (Wildman–Crippen MR) is 77.6 cm³/mol. The number of aliphatic hydroxyl groups is 1. The molecule has 4 heteroatoms. The van der Waals surface area contributed by atoms with Gasteiger partial charge < -0.3 is 15.6 Å².